The van der Waals surface area contributed by atoms with Crippen molar-refractivity contribution in [3.05, 3.63) is 71.3 Å². The van der Waals surface area contributed by atoms with Crippen LogP contribution in [0.5, 0.6) is 0 Å². The van der Waals surface area contributed by atoms with E-state index in [-0.39, 0.29) is 6.61 Å². The van der Waals surface area contributed by atoms with Crippen molar-refractivity contribution in [3.8, 4) is 0 Å². The number of aliphatic hydroxyl groups is 1. The third-order valence-electron chi connectivity index (χ3n) is 2.75. The number of nitrogens with zero attached hydrogens (tertiary/aromatic N) is 2. The Kier molecular flexibility index (Phi) is 5.99. The van der Waals surface area contributed by atoms with Gasteiger partial charge in [0.15, 0.2) is 5.17 Å². The van der Waals surface area contributed by atoms with Crippen LogP contribution in [0.3, 0.4) is 0 Å². The molecule has 21 heavy (non-hydrogen) atoms. The molecule has 0 aliphatic heterocycles. The molecule has 0 unspecified atom stereocenters. The molecule has 0 radical (unpaired) electrons. The maximum absolute atomic E-state index is 8.96. The van der Waals surface area contributed by atoms with Crippen LogP contribution < -0.4 is 5.73 Å². The summed E-state index contributed by atoms with van der Waals surface area (Å²) in [7, 11) is 0. The Bertz CT molecular complexity index is 609. The van der Waals surface area contributed by atoms with E-state index < -0.39 is 0 Å². The lowest BCUT2D eigenvalue weighted by atomic mass is 10.2. The topological polar surface area (TPSA) is 71.0 Å². The Hall–Kier alpha value is -2.11. The average Bonchev–Trinajstić information content (AvgIpc) is 2.54. The zero-order valence-electron chi connectivity index (χ0n) is 11.5. The Morgan fingerprint density at radius 3 is 2.43 bits per heavy atom. The molecule has 0 saturated carbocycles. The first-order valence-corrected chi connectivity index (χ1v) is 7.49. The number of rotatable bonds is 5. The normalized spacial score (nSPS) is 12.0. The zero-order valence-corrected chi connectivity index (χ0v) is 12.3. The summed E-state index contributed by atoms with van der Waals surface area (Å²) in [5.41, 5.74) is 8.78. The maximum Gasteiger partial charge on any atom is 0.180 e. The van der Waals surface area contributed by atoms with E-state index in [0.29, 0.717) is 5.17 Å². The molecule has 0 aliphatic carbocycles. The summed E-state index contributed by atoms with van der Waals surface area (Å²) < 4.78 is 0. The maximum atomic E-state index is 8.96. The van der Waals surface area contributed by atoms with Crippen LogP contribution in [0.15, 0.2) is 64.8 Å². The van der Waals surface area contributed by atoms with Gasteiger partial charge in [-0.3, -0.25) is 0 Å². The van der Waals surface area contributed by atoms with Crippen LogP contribution in [-0.2, 0) is 12.4 Å². The van der Waals surface area contributed by atoms with Crippen LogP contribution in [0.1, 0.15) is 16.7 Å². The molecule has 5 heteroatoms. The summed E-state index contributed by atoms with van der Waals surface area (Å²) in [6.07, 6.45) is 1.64. The zero-order chi connectivity index (χ0) is 14.9. The van der Waals surface area contributed by atoms with Crippen LogP contribution in [0.25, 0.3) is 0 Å². The predicted octanol–water partition coefficient (Wildman–Crippen LogP) is 2.76. The van der Waals surface area contributed by atoms with Gasteiger partial charge in [0.2, 0.25) is 0 Å². The van der Waals surface area contributed by atoms with Gasteiger partial charge in [0.1, 0.15) is 0 Å². The molecule has 2 aromatic carbocycles. The Morgan fingerprint density at radius 1 is 1.05 bits per heavy atom. The first-order valence-electron chi connectivity index (χ1n) is 6.51. The van der Waals surface area contributed by atoms with E-state index >= 15 is 0 Å². The van der Waals surface area contributed by atoms with Gasteiger partial charge in [-0.1, -0.05) is 66.4 Å². The van der Waals surface area contributed by atoms with Crippen molar-refractivity contribution >= 4 is 23.1 Å². The van der Waals surface area contributed by atoms with Gasteiger partial charge < -0.3 is 10.8 Å². The third-order valence-corrected chi connectivity index (χ3v) is 3.61. The minimum atomic E-state index is 0.0403. The van der Waals surface area contributed by atoms with Gasteiger partial charge in [-0.25, -0.2) is 0 Å². The van der Waals surface area contributed by atoms with E-state index in [2.05, 4.69) is 10.2 Å². The molecule has 0 saturated heterocycles. The van der Waals surface area contributed by atoms with Crippen molar-refractivity contribution < 1.29 is 5.11 Å². The molecule has 0 aromatic heterocycles. The highest BCUT2D eigenvalue weighted by Gasteiger charge is 1.96. The Labute approximate surface area is 128 Å². The molecule has 0 aliphatic rings. The van der Waals surface area contributed by atoms with Crippen LogP contribution in [0.4, 0.5) is 0 Å². The van der Waals surface area contributed by atoms with E-state index in [9.17, 15) is 0 Å². The van der Waals surface area contributed by atoms with Gasteiger partial charge in [0.25, 0.3) is 0 Å². The number of aliphatic hydroxyl groups excluding tert-OH is 1. The summed E-state index contributed by atoms with van der Waals surface area (Å²) in [6.45, 7) is 0.0403. The quantitative estimate of drug-likeness (QED) is 0.506. The van der Waals surface area contributed by atoms with Gasteiger partial charge in [0.05, 0.1) is 12.8 Å². The molecule has 3 N–H and O–H groups in total. The van der Waals surface area contributed by atoms with Gasteiger partial charge in [-0.2, -0.15) is 5.10 Å². The number of benzene rings is 2. The molecule has 0 atom stereocenters. The predicted molar refractivity (Wildman–Crippen MR) is 89.3 cm³/mol. The van der Waals surface area contributed by atoms with Gasteiger partial charge in [-0.05, 0) is 16.7 Å². The third kappa shape index (κ3) is 5.41. The van der Waals surface area contributed by atoms with Crippen LogP contribution >= 0.6 is 11.8 Å². The molecule has 4 nitrogen and oxygen atoms in total. The molecule has 0 bridgehead atoms. The van der Waals surface area contributed by atoms with Crippen LogP contribution in [-0.4, -0.2) is 16.5 Å². The Morgan fingerprint density at radius 2 is 1.76 bits per heavy atom. The molecule has 2 rings (SSSR count). The number of thioether (sulfide) groups is 1. The molecular weight excluding hydrogens is 282 g/mol. The first kappa shape index (κ1) is 15.3. The fourth-order valence-corrected chi connectivity index (χ4v) is 2.23. The molecule has 0 fully saturated rings. The smallest absolute Gasteiger partial charge is 0.180 e. The van der Waals surface area contributed by atoms with E-state index in [1.54, 1.807) is 6.21 Å². The average molecular weight is 299 g/mol. The molecule has 0 spiro atoms. The molecule has 2 aromatic rings. The summed E-state index contributed by atoms with van der Waals surface area (Å²) in [6, 6.07) is 17.5. The SMILES string of the molecule is NC(=NN=Cc1ccc(CO)cc1)SCc1ccccc1. The first-order chi connectivity index (χ1) is 10.3. The van der Waals surface area contributed by atoms with Gasteiger partial charge in [0, 0.05) is 5.75 Å². The summed E-state index contributed by atoms with van der Waals surface area (Å²) >= 11 is 1.45. The second kappa shape index (κ2) is 8.24. The molecule has 0 amide bonds. The second-order valence-electron chi connectivity index (χ2n) is 4.36. The van der Waals surface area contributed by atoms with Crippen molar-refractivity contribution in [2.75, 3.05) is 0 Å². The second-order valence-corrected chi connectivity index (χ2v) is 5.35. The van der Waals surface area contributed by atoms with E-state index in [1.807, 2.05) is 54.6 Å². The van der Waals surface area contributed by atoms with Crippen molar-refractivity contribution in [1.29, 1.82) is 0 Å². The number of hydrogen-bond donors (Lipinski definition) is 2. The number of amidine groups is 1. The van der Waals surface area contributed by atoms with Crippen LogP contribution in [0.2, 0.25) is 0 Å². The van der Waals surface area contributed by atoms with Gasteiger partial charge in [-0.15, -0.1) is 5.10 Å². The van der Waals surface area contributed by atoms with Crippen LogP contribution in [0, 0.1) is 0 Å². The summed E-state index contributed by atoms with van der Waals surface area (Å²) in [5.74, 6) is 0.775. The molecule has 108 valence electrons. The van der Waals surface area contributed by atoms with Crippen molar-refractivity contribution in [3.63, 3.8) is 0 Å². The highest BCUT2D eigenvalue weighted by Crippen LogP contribution is 2.11. The standard InChI is InChI=1S/C16H17N3OS/c17-16(21-12-15-4-2-1-3-5-15)19-18-10-13-6-8-14(11-20)9-7-13/h1-10,20H,11-12H2,(H2,17,19). The van der Waals surface area contributed by atoms with Crippen molar-refractivity contribution in [1.82, 2.24) is 0 Å². The van der Waals surface area contributed by atoms with E-state index in [1.165, 1.54) is 17.3 Å². The van der Waals surface area contributed by atoms with Crippen molar-refractivity contribution in [2.45, 2.75) is 12.4 Å². The lowest BCUT2D eigenvalue weighted by Gasteiger charge is -1.99. The number of nitrogens with two attached hydrogens (primary N) is 1. The lowest BCUT2D eigenvalue weighted by Crippen LogP contribution is -2.05. The van der Waals surface area contributed by atoms with Crippen molar-refractivity contribution in [2.24, 2.45) is 15.9 Å². The minimum Gasteiger partial charge on any atom is -0.392 e. The fourth-order valence-electron chi connectivity index (χ4n) is 1.62. The Balaban J connectivity index is 1.85. The molecular formula is C16H17N3OS. The highest BCUT2D eigenvalue weighted by molar-refractivity contribution is 8.13. The minimum absolute atomic E-state index is 0.0403. The van der Waals surface area contributed by atoms with E-state index in [4.69, 9.17) is 10.8 Å². The lowest BCUT2D eigenvalue weighted by molar-refractivity contribution is 0.282. The van der Waals surface area contributed by atoms with E-state index in [0.717, 1.165) is 16.9 Å². The molecule has 0 heterocycles. The monoisotopic (exact) mass is 299 g/mol. The summed E-state index contributed by atoms with van der Waals surface area (Å²) in [4.78, 5) is 0. The highest BCUT2D eigenvalue weighted by atomic mass is 32.2. The fraction of sp³-hybridized carbons (Fsp3) is 0.125. The number of hydrogen-bond acceptors (Lipinski definition) is 4. The largest absolute Gasteiger partial charge is 0.392 e. The van der Waals surface area contributed by atoms with Gasteiger partial charge >= 0.3 is 0 Å². The summed E-state index contributed by atoms with van der Waals surface area (Å²) in [5, 5.41) is 17.3.